The molecule has 14 nitrogen and oxygen atoms in total. The summed E-state index contributed by atoms with van der Waals surface area (Å²) in [5, 5.41) is 19.4. The fourth-order valence-corrected chi connectivity index (χ4v) is 7.08. The fourth-order valence-electron chi connectivity index (χ4n) is 6.75. The van der Waals surface area contributed by atoms with E-state index >= 15 is 0 Å². The largest absolute Gasteiger partial charge is 0.465 e. The van der Waals surface area contributed by atoms with Crippen molar-refractivity contribution in [3.05, 3.63) is 93.0 Å². The Hall–Kier alpha value is -5.86. The Balaban J connectivity index is 1.13. The fraction of sp³-hybridized carbons (Fsp3) is 0.391. The number of carbonyl (C=O) groups is 4. The van der Waals surface area contributed by atoms with Gasteiger partial charge >= 0.3 is 23.9 Å². The maximum atomic E-state index is 13.5. The van der Waals surface area contributed by atoms with E-state index in [0.717, 1.165) is 0 Å². The minimum absolute atomic E-state index is 0.0972. The quantitative estimate of drug-likeness (QED) is 0.0613. The maximum Gasteiger partial charge on any atom is 0.313 e. The van der Waals surface area contributed by atoms with Crippen molar-refractivity contribution in [1.82, 2.24) is 30.0 Å². The molecule has 2 aromatic heterocycles. The van der Waals surface area contributed by atoms with E-state index in [1.54, 1.807) is 62.4 Å². The lowest BCUT2D eigenvalue weighted by molar-refractivity contribution is -0.147. The molecule has 0 fully saturated rings. The molecule has 2 unspecified atom stereocenters. The molecule has 16 heteroatoms. The maximum absolute atomic E-state index is 13.5. The van der Waals surface area contributed by atoms with Gasteiger partial charge in [-0.25, -0.2) is 0 Å². The molecule has 0 saturated carbocycles. The Bertz CT molecular complexity index is 2510. The van der Waals surface area contributed by atoms with E-state index in [4.69, 9.17) is 42.1 Å². The van der Waals surface area contributed by atoms with Crippen molar-refractivity contribution in [3.63, 3.8) is 0 Å². The van der Waals surface area contributed by atoms with Crippen molar-refractivity contribution in [1.29, 1.82) is 0 Å². The van der Waals surface area contributed by atoms with Gasteiger partial charge in [0.05, 0.1) is 25.0 Å². The highest BCUT2D eigenvalue weighted by molar-refractivity contribution is 6.31. The monoisotopic (exact) mass is 884 g/mol. The molecule has 0 N–H and O–H groups in total. The Morgan fingerprint density at radius 3 is 1.26 bits per heavy atom. The van der Waals surface area contributed by atoms with Crippen molar-refractivity contribution in [2.75, 3.05) is 13.2 Å². The lowest BCUT2D eigenvalue weighted by Crippen LogP contribution is -2.21. The molecule has 0 aliphatic heterocycles. The first kappa shape index (κ1) is 45.7. The summed E-state index contributed by atoms with van der Waals surface area (Å²) < 4.78 is 22.9. The van der Waals surface area contributed by atoms with Crippen molar-refractivity contribution < 1.29 is 38.1 Å². The molecule has 0 bridgehead atoms. The number of fused-ring (bicyclic) bond motifs is 2. The SMILES string of the molecule is CC(=O)Oc1c(-n2nc3ccc(Cl)cc3n2)cc(C(C)C(=O)OCCCCOC(=O)C(C)c2cc(-n3nc4ccc(Cl)cc4n3)c(OC(C)=O)c(C(C)(C)C)c2)cc1C(C)(C)C. The van der Waals surface area contributed by atoms with Crippen LogP contribution in [0.4, 0.5) is 0 Å². The average molecular weight is 886 g/mol. The van der Waals surface area contributed by atoms with Crippen molar-refractivity contribution in [3.8, 4) is 22.9 Å². The van der Waals surface area contributed by atoms with Crippen LogP contribution in [0.25, 0.3) is 33.4 Å². The third-order valence-electron chi connectivity index (χ3n) is 10.1. The van der Waals surface area contributed by atoms with Crippen LogP contribution in [0, 0.1) is 0 Å². The zero-order chi connectivity index (χ0) is 45.3. The van der Waals surface area contributed by atoms with Crippen molar-refractivity contribution in [2.24, 2.45) is 0 Å². The predicted octanol–water partition coefficient (Wildman–Crippen LogP) is 9.68. The molecule has 2 atom stereocenters. The number of hydrogen-bond acceptors (Lipinski definition) is 12. The van der Waals surface area contributed by atoms with E-state index in [9.17, 15) is 19.2 Å². The lowest BCUT2D eigenvalue weighted by atomic mass is 9.83. The van der Waals surface area contributed by atoms with Gasteiger partial charge in [-0.3, -0.25) is 19.2 Å². The summed E-state index contributed by atoms with van der Waals surface area (Å²) in [6, 6.07) is 17.4. The van der Waals surface area contributed by atoms with Crippen LogP contribution >= 0.6 is 23.2 Å². The molecule has 0 aliphatic carbocycles. The first-order chi connectivity index (χ1) is 29.1. The van der Waals surface area contributed by atoms with Gasteiger partial charge in [0.25, 0.3) is 0 Å². The Morgan fingerprint density at radius 1 is 0.565 bits per heavy atom. The van der Waals surface area contributed by atoms with E-state index in [0.29, 0.717) is 78.6 Å². The number of hydrogen-bond donors (Lipinski definition) is 0. The summed E-state index contributed by atoms with van der Waals surface area (Å²) in [5.41, 5.74) is 4.61. The number of rotatable bonds is 13. The predicted molar refractivity (Wildman–Crippen MR) is 236 cm³/mol. The molecule has 2 heterocycles. The van der Waals surface area contributed by atoms with Gasteiger partial charge in [-0.2, -0.15) is 0 Å². The van der Waals surface area contributed by atoms with Gasteiger partial charge in [0, 0.05) is 35.0 Å². The van der Waals surface area contributed by atoms with E-state index in [-0.39, 0.29) is 24.7 Å². The van der Waals surface area contributed by atoms with E-state index in [2.05, 4.69) is 20.4 Å². The van der Waals surface area contributed by atoms with Crippen LogP contribution in [-0.2, 0) is 39.5 Å². The summed E-state index contributed by atoms with van der Waals surface area (Å²) in [6.07, 6.45) is 0.878. The van der Waals surface area contributed by atoms with Gasteiger partial charge in [0.15, 0.2) is 11.5 Å². The molecule has 6 rings (SSSR count). The van der Waals surface area contributed by atoms with Crippen molar-refractivity contribution in [2.45, 2.75) is 105 Å². The number of unbranched alkanes of at least 4 members (excludes halogenated alkanes) is 1. The highest BCUT2D eigenvalue weighted by Gasteiger charge is 2.31. The van der Waals surface area contributed by atoms with Crippen LogP contribution in [0.3, 0.4) is 0 Å². The molecule has 0 radical (unpaired) electrons. The number of benzene rings is 4. The second kappa shape index (κ2) is 18.2. The summed E-state index contributed by atoms with van der Waals surface area (Å²) in [4.78, 5) is 54.3. The first-order valence-electron chi connectivity index (χ1n) is 20.2. The van der Waals surface area contributed by atoms with Crippen LogP contribution in [0.15, 0.2) is 60.7 Å². The molecular weight excluding hydrogens is 835 g/mol. The van der Waals surface area contributed by atoms with Gasteiger partial charge in [0.1, 0.15) is 33.4 Å². The molecule has 4 aromatic carbocycles. The first-order valence-corrected chi connectivity index (χ1v) is 21.0. The van der Waals surface area contributed by atoms with Crippen LogP contribution < -0.4 is 9.47 Å². The third-order valence-corrected chi connectivity index (χ3v) is 10.6. The molecule has 6 aromatic rings. The Kier molecular flexibility index (Phi) is 13.4. The van der Waals surface area contributed by atoms with Crippen LogP contribution in [0.1, 0.15) is 116 Å². The molecule has 0 spiro atoms. The number of halogens is 2. The average Bonchev–Trinajstić information content (AvgIpc) is 3.81. The standard InChI is InChI=1S/C46H50Cl2N6O8/c1-25(29-19-33(45(5,6)7)41(61-27(3)55)39(21-29)53-49-35-15-13-31(47)23-37(35)51-53)43(57)59-17-11-12-18-60-44(58)26(2)30-20-34(46(8,9)10)42(62-28(4)56)40(22-30)54-50-36-16-14-32(48)24-38(36)52-54/h13-16,19-26H,11-12,17-18H2,1-10H3. The molecular formula is C46H50Cl2N6O8. The lowest BCUT2D eigenvalue weighted by Gasteiger charge is -2.26. The number of ether oxygens (including phenoxy) is 4. The molecule has 326 valence electrons. The van der Waals surface area contributed by atoms with Crippen LogP contribution in [0.2, 0.25) is 10.0 Å². The van der Waals surface area contributed by atoms with Gasteiger partial charge in [0.2, 0.25) is 0 Å². The van der Waals surface area contributed by atoms with Crippen LogP contribution in [0.5, 0.6) is 11.5 Å². The third kappa shape index (κ3) is 10.4. The highest BCUT2D eigenvalue weighted by atomic mass is 35.5. The molecule has 0 saturated heterocycles. The number of aromatic nitrogens is 6. The summed E-state index contributed by atoms with van der Waals surface area (Å²) in [5.74, 6) is -2.79. The van der Waals surface area contributed by atoms with E-state index in [1.807, 2.05) is 53.7 Å². The summed E-state index contributed by atoms with van der Waals surface area (Å²) in [6.45, 7) is 18.2. The second-order valence-corrected chi connectivity index (χ2v) is 18.1. The zero-order valence-electron chi connectivity index (χ0n) is 36.5. The smallest absolute Gasteiger partial charge is 0.313 e. The minimum atomic E-state index is -0.706. The summed E-state index contributed by atoms with van der Waals surface area (Å²) >= 11 is 12.4. The Morgan fingerprint density at radius 2 is 0.919 bits per heavy atom. The van der Waals surface area contributed by atoms with E-state index < -0.39 is 46.5 Å². The van der Waals surface area contributed by atoms with Gasteiger partial charge in [-0.1, -0.05) is 76.9 Å². The molecule has 0 amide bonds. The Labute approximate surface area is 369 Å². The summed E-state index contributed by atoms with van der Waals surface area (Å²) in [7, 11) is 0. The second-order valence-electron chi connectivity index (χ2n) is 17.3. The number of esters is 4. The van der Waals surface area contributed by atoms with Crippen LogP contribution in [-0.4, -0.2) is 67.1 Å². The minimum Gasteiger partial charge on any atom is -0.465 e. The molecule has 0 aliphatic rings. The highest BCUT2D eigenvalue weighted by Crippen LogP contribution is 2.41. The molecule has 62 heavy (non-hydrogen) atoms. The van der Waals surface area contributed by atoms with Crippen molar-refractivity contribution >= 4 is 69.1 Å². The number of nitrogens with zero attached hydrogens (tertiary/aromatic N) is 6. The van der Waals surface area contributed by atoms with Gasteiger partial charge < -0.3 is 18.9 Å². The topological polar surface area (TPSA) is 167 Å². The van der Waals surface area contributed by atoms with Gasteiger partial charge in [-0.05, 0) is 97.2 Å². The van der Waals surface area contributed by atoms with Gasteiger partial charge in [-0.15, -0.1) is 30.0 Å². The number of carbonyl (C=O) groups excluding carboxylic acids is 4. The normalized spacial score (nSPS) is 12.9. The zero-order valence-corrected chi connectivity index (χ0v) is 38.0. The van der Waals surface area contributed by atoms with E-state index in [1.165, 1.54) is 23.4 Å².